The van der Waals surface area contributed by atoms with Gasteiger partial charge in [0.2, 0.25) is 12.3 Å². The van der Waals surface area contributed by atoms with Crippen molar-refractivity contribution in [3.05, 3.63) is 11.1 Å². The molecule has 94 valence electrons. The molecule has 0 aliphatic carbocycles. The fourth-order valence-corrected chi connectivity index (χ4v) is 1.31. The molecule has 1 heterocycles. The zero-order valence-corrected chi connectivity index (χ0v) is 8.88. The summed E-state index contributed by atoms with van der Waals surface area (Å²) in [5, 5.41) is 12.9. The topological polar surface area (TPSA) is 97.8 Å². The monoisotopic (exact) mass is 269 g/mol. The normalized spacial score (nSPS) is 12.5. The summed E-state index contributed by atoms with van der Waals surface area (Å²) < 4.78 is 35.2. The maximum Gasteiger partial charge on any atom is 0.425 e. The number of carboxylic acid groups (broad SMARTS) is 1. The second-order valence-corrected chi connectivity index (χ2v) is 3.59. The SMILES string of the molecule is Nc1nc(/C(=N\OCC(F)(F)F)C(=O)O)cs1. The predicted octanol–water partition coefficient (Wildman–Crippen LogP) is 1.09. The maximum atomic E-state index is 11.7. The van der Waals surface area contributed by atoms with Gasteiger partial charge in [0.15, 0.2) is 5.13 Å². The van der Waals surface area contributed by atoms with Gasteiger partial charge in [-0.15, -0.1) is 11.3 Å². The van der Waals surface area contributed by atoms with Crippen LogP contribution in [0.5, 0.6) is 0 Å². The maximum absolute atomic E-state index is 11.7. The summed E-state index contributed by atoms with van der Waals surface area (Å²) >= 11 is 0.934. The first-order valence-electron chi connectivity index (χ1n) is 4.01. The highest BCUT2D eigenvalue weighted by Gasteiger charge is 2.29. The number of hydrogen-bond acceptors (Lipinski definition) is 6. The zero-order valence-electron chi connectivity index (χ0n) is 8.06. The number of rotatable bonds is 4. The second kappa shape index (κ2) is 4.99. The third-order valence-corrected chi connectivity index (χ3v) is 2.03. The van der Waals surface area contributed by atoms with Gasteiger partial charge >= 0.3 is 12.1 Å². The number of aromatic nitrogens is 1. The average Bonchev–Trinajstić information content (AvgIpc) is 2.57. The van der Waals surface area contributed by atoms with Crippen LogP contribution < -0.4 is 5.73 Å². The molecule has 0 saturated carbocycles. The van der Waals surface area contributed by atoms with Gasteiger partial charge in [-0.1, -0.05) is 5.16 Å². The Hall–Kier alpha value is -1.84. The quantitative estimate of drug-likeness (QED) is 0.630. The number of nitrogens with two attached hydrogens (primary N) is 1. The van der Waals surface area contributed by atoms with Gasteiger partial charge in [-0.05, 0) is 0 Å². The van der Waals surface area contributed by atoms with Crippen LogP contribution in [0.2, 0.25) is 0 Å². The van der Waals surface area contributed by atoms with Crippen molar-refractivity contribution in [2.75, 3.05) is 12.3 Å². The minimum absolute atomic E-state index is 0.0739. The number of alkyl halides is 3. The summed E-state index contributed by atoms with van der Waals surface area (Å²) in [6.45, 7) is -1.68. The molecule has 0 atom stereocenters. The number of aliphatic carboxylic acids is 1. The lowest BCUT2D eigenvalue weighted by atomic mass is 10.3. The van der Waals surface area contributed by atoms with Crippen molar-refractivity contribution in [3.63, 3.8) is 0 Å². The molecule has 0 saturated heterocycles. The number of carboxylic acids is 1. The Balaban J connectivity index is 2.80. The van der Waals surface area contributed by atoms with Gasteiger partial charge in [-0.2, -0.15) is 13.2 Å². The third-order valence-electron chi connectivity index (χ3n) is 1.35. The van der Waals surface area contributed by atoms with E-state index in [1.54, 1.807) is 0 Å². The number of nitrogens with zero attached hydrogens (tertiary/aromatic N) is 2. The van der Waals surface area contributed by atoms with Crippen molar-refractivity contribution in [2.45, 2.75) is 6.18 Å². The Morgan fingerprint density at radius 2 is 2.29 bits per heavy atom. The molecule has 0 amide bonds. The van der Waals surface area contributed by atoms with Crippen LogP contribution in [0.15, 0.2) is 10.5 Å². The second-order valence-electron chi connectivity index (χ2n) is 2.70. The minimum Gasteiger partial charge on any atom is -0.476 e. The van der Waals surface area contributed by atoms with Crippen molar-refractivity contribution in [1.82, 2.24) is 4.98 Å². The highest BCUT2D eigenvalue weighted by Crippen LogP contribution is 2.16. The van der Waals surface area contributed by atoms with Crippen LogP contribution in [0, 0.1) is 0 Å². The van der Waals surface area contributed by atoms with E-state index in [2.05, 4.69) is 15.0 Å². The van der Waals surface area contributed by atoms with Crippen LogP contribution in [-0.2, 0) is 9.63 Å². The zero-order chi connectivity index (χ0) is 13.1. The van der Waals surface area contributed by atoms with Crippen molar-refractivity contribution >= 4 is 28.1 Å². The van der Waals surface area contributed by atoms with Crippen molar-refractivity contribution in [1.29, 1.82) is 0 Å². The van der Waals surface area contributed by atoms with Gasteiger partial charge in [0.1, 0.15) is 5.69 Å². The minimum atomic E-state index is -4.59. The molecular formula is C7H6F3N3O3S. The number of oxime groups is 1. The van der Waals surface area contributed by atoms with E-state index in [0.717, 1.165) is 11.3 Å². The van der Waals surface area contributed by atoms with Crippen LogP contribution in [0.1, 0.15) is 5.69 Å². The third kappa shape index (κ3) is 4.26. The van der Waals surface area contributed by atoms with Crippen LogP contribution >= 0.6 is 11.3 Å². The number of nitrogen functional groups attached to an aromatic ring is 1. The Kier molecular flexibility index (Phi) is 3.89. The summed E-state index contributed by atoms with van der Waals surface area (Å²) in [7, 11) is 0. The molecular weight excluding hydrogens is 263 g/mol. The van der Waals surface area contributed by atoms with E-state index in [-0.39, 0.29) is 10.8 Å². The molecule has 1 aromatic heterocycles. The first kappa shape index (κ1) is 13.2. The van der Waals surface area contributed by atoms with E-state index in [1.165, 1.54) is 5.38 Å². The van der Waals surface area contributed by atoms with Crippen LogP contribution in [0.3, 0.4) is 0 Å². The van der Waals surface area contributed by atoms with Crippen molar-refractivity contribution in [2.24, 2.45) is 5.16 Å². The van der Waals surface area contributed by atoms with Crippen LogP contribution in [0.4, 0.5) is 18.3 Å². The highest BCUT2D eigenvalue weighted by molar-refractivity contribution is 7.13. The summed E-state index contributed by atoms with van der Waals surface area (Å²) in [6, 6.07) is 0. The fraction of sp³-hybridized carbons (Fsp3) is 0.286. The van der Waals surface area contributed by atoms with Gasteiger partial charge in [0.05, 0.1) is 0 Å². The van der Waals surface area contributed by atoms with Gasteiger partial charge in [0, 0.05) is 5.38 Å². The first-order chi connectivity index (χ1) is 7.79. The lowest BCUT2D eigenvalue weighted by molar-refractivity contribution is -0.174. The molecule has 1 rings (SSSR count). The molecule has 0 aromatic carbocycles. The van der Waals surface area contributed by atoms with E-state index in [1.807, 2.05) is 0 Å². The highest BCUT2D eigenvalue weighted by atomic mass is 32.1. The first-order valence-corrected chi connectivity index (χ1v) is 4.89. The number of thiazole rings is 1. The van der Waals surface area contributed by atoms with Crippen molar-refractivity contribution < 1.29 is 27.9 Å². The Morgan fingerprint density at radius 3 is 2.71 bits per heavy atom. The molecule has 0 bridgehead atoms. The molecule has 0 spiro atoms. The molecule has 0 aliphatic heterocycles. The van der Waals surface area contributed by atoms with E-state index in [0.29, 0.717) is 0 Å². The molecule has 1 aromatic rings. The Morgan fingerprint density at radius 1 is 1.65 bits per heavy atom. The lowest BCUT2D eigenvalue weighted by Gasteiger charge is -2.04. The standard InChI is InChI=1S/C7H6F3N3O3S/c8-7(9,10)2-16-13-4(5(14)15)3-1-17-6(11)12-3/h1H,2H2,(H2,11,12)(H,14,15)/b13-4+. The predicted molar refractivity (Wildman–Crippen MR) is 52.7 cm³/mol. The smallest absolute Gasteiger partial charge is 0.425 e. The van der Waals surface area contributed by atoms with E-state index in [9.17, 15) is 18.0 Å². The van der Waals surface area contributed by atoms with Gasteiger partial charge < -0.3 is 15.7 Å². The van der Waals surface area contributed by atoms with Gasteiger partial charge in [-0.3, -0.25) is 0 Å². The molecule has 3 N–H and O–H groups in total. The summed E-state index contributed by atoms with van der Waals surface area (Å²) in [6.07, 6.45) is -4.59. The fourth-order valence-electron chi connectivity index (χ4n) is 0.762. The van der Waals surface area contributed by atoms with Crippen molar-refractivity contribution in [3.8, 4) is 0 Å². The summed E-state index contributed by atoms with van der Waals surface area (Å²) in [5.41, 5.74) is 4.37. The molecule has 0 unspecified atom stereocenters. The summed E-state index contributed by atoms with van der Waals surface area (Å²) in [5.74, 6) is -1.56. The van der Waals surface area contributed by atoms with E-state index < -0.39 is 24.5 Å². The molecule has 0 radical (unpaired) electrons. The molecule has 0 aliphatic rings. The van der Waals surface area contributed by atoms with Gasteiger partial charge in [0.25, 0.3) is 0 Å². The van der Waals surface area contributed by atoms with E-state index in [4.69, 9.17) is 10.8 Å². The largest absolute Gasteiger partial charge is 0.476 e. The lowest BCUT2D eigenvalue weighted by Crippen LogP contribution is -2.19. The number of hydrogen-bond donors (Lipinski definition) is 2. The Bertz CT molecular complexity index is 443. The Labute approximate surface area is 96.5 Å². The molecule has 10 heteroatoms. The number of carbonyl (C=O) groups is 1. The van der Waals surface area contributed by atoms with Crippen LogP contribution in [0.25, 0.3) is 0 Å². The number of anilines is 1. The average molecular weight is 269 g/mol. The molecule has 6 nitrogen and oxygen atoms in total. The molecule has 17 heavy (non-hydrogen) atoms. The van der Waals surface area contributed by atoms with Gasteiger partial charge in [-0.25, -0.2) is 9.78 Å². The van der Waals surface area contributed by atoms with E-state index >= 15 is 0 Å². The number of halogens is 3. The van der Waals surface area contributed by atoms with Crippen LogP contribution in [-0.4, -0.2) is 34.6 Å². The summed E-state index contributed by atoms with van der Waals surface area (Å²) in [4.78, 5) is 18.2. The molecule has 0 fully saturated rings.